The predicted molar refractivity (Wildman–Crippen MR) is 227 cm³/mol. The molecule has 1 aromatic heterocycles. The summed E-state index contributed by atoms with van der Waals surface area (Å²) in [7, 11) is -3.09. The summed E-state index contributed by atoms with van der Waals surface area (Å²) in [5.74, 6) is -3.38. The van der Waals surface area contributed by atoms with E-state index in [4.69, 9.17) is 15.2 Å². The number of aliphatic hydroxyl groups excluding tert-OH is 1. The van der Waals surface area contributed by atoms with E-state index in [9.17, 15) is 28.7 Å². The molecule has 16 heteroatoms. The van der Waals surface area contributed by atoms with Crippen LogP contribution in [0.15, 0.2) is 60.8 Å². The Morgan fingerprint density at radius 3 is 2.07 bits per heavy atom. The van der Waals surface area contributed by atoms with Gasteiger partial charge in [-0.2, -0.15) is 0 Å². The third kappa shape index (κ3) is 15.1. The Morgan fingerprint density at radius 1 is 0.879 bits per heavy atom. The molecule has 0 saturated heterocycles. The highest BCUT2D eigenvalue weighted by atomic mass is 28.3. The van der Waals surface area contributed by atoms with Crippen LogP contribution in [0.4, 0.5) is 13.6 Å². The molecule has 0 aliphatic rings. The van der Waals surface area contributed by atoms with E-state index in [1.54, 1.807) is 12.3 Å². The third-order valence-corrected chi connectivity index (χ3v) is 12.9. The highest BCUT2D eigenvalue weighted by Gasteiger charge is 2.38. The second-order valence-corrected chi connectivity index (χ2v) is 29.4. The normalized spacial score (nSPS) is 13.6. The van der Waals surface area contributed by atoms with Crippen LogP contribution in [0.3, 0.4) is 0 Å². The minimum absolute atomic E-state index is 0.0304. The Labute approximate surface area is 343 Å². The van der Waals surface area contributed by atoms with Gasteiger partial charge in [0, 0.05) is 58.8 Å². The van der Waals surface area contributed by atoms with Crippen molar-refractivity contribution in [2.75, 3.05) is 32.9 Å². The zero-order valence-corrected chi connectivity index (χ0v) is 37.5. The van der Waals surface area contributed by atoms with Crippen molar-refractivity contribution in [2.24, 2.45) is 11.1 Å². The first-order chi connectivity index (χ1) is 27.0. The van der Waals surface area contributed by atoms with Gasteiger partial charge in [0.2, 0.25) is 11.8 Å². The number of alkyl carbamates (subject to hydrolysis) is 1. The van der Waals surface area contributed by atoms with Gasteiger partial charge < -0.3 is 40.4 Å². The van der Waals surface area contributed by atoms with Crippen LogP contribution in [0.25, 0.3) is 11.1 Å². The smallest absolute Gasteiger partial charge is 0.407 e. The molecular weight excluding hydrogens is 781 g/mol. The SMILES string of the molecule is CC(C)(C)C(c1cc(-c2cc(F)ccc2F)cn1Cc1ccccc1)N(CCC(NC(=O)OCC[Si](C)(C)C)C(=O)NC(CN)C(=O)OCC[Si](C)(C)C)C(=O)CO. The van der Waals surface area contributed by atoms with Crippen molar-refractivity contribution in [2.45, 2.75) is 103 Å². The van der Waals surface area contributed by atoms with Gasteiger partial charge >= 0.3 is 12.1 Å². The van der Waals surface area contributed by atoms with E-state index < -0.39 is 81.8 Å². The second kappa shape index (κ2) is 21.0. The minimum atomic E-state index is -1.57. The number of aromatic nitrogens is 1. The number of nitrogens with one attached hydrogen (secondary N) is 2. The van der Waals surface area contributed by atoms with Gasteiger partial charge in [0.1, 0.15) is 30.3 Å². The van der Waals surface area contributed by atoms with E-state index in [0.29, 0.717) is 29.9 Å². The zero-order chi connectivity index (χ0) is 43.4. The van der Waals surface area contributed by atoms with Gasteiger partial charge in [-0.05, 0) is 53.8 Å². The Morgan fingerprint density at radius 2 is 1.50 bits per heavy atom. The number of hydrogen-bond acceptors (Lipinski definition) is 8. The summed E-state index contributed by atoms with van der Waals surface area (Å²) in [6.45, 7) is 17.8. The molecule has 3 aromatic rings. The monoisotopic (exact) mass is 843 g/mol. The maximum atomic E-state index is 15.2. The lowest BCUT2D eigenvalue weighted by Gasteiger charge is -2.41. The van der Waals surface area contributed by atoms with Gasteiger partial charge in [-0.3, -0.25) is 9.59 Å². The second-order valence-electron chi connectivity index (χ2n) is 18.1. The van der Waals surface area contributed by atoms with Gasteiger partial charge in [0.25, 0.3) is 0 Å². The minimum Gasteiger partial charge on any atom is -0.464 e. The molecule has 0 saturated carbocycles. The largest absolute Gasteiger partial charge is 0.464 e. The van der Waals surface area contributed by atoms with Crippen molar-refractivity contribution in [1.82, 2.24) is 20.1 Å². The average molecular weight is 844 g/mol. The number of carbonyl (C=O) groups is 4. The molecule has 0 bridgehead atoms. The number of aliphatic hydroxyl groups is 1. The van der Waals surface area contributed by atoms with Crippen LogP contribution in [0.2, 0.25) is 51.4 Å². The first-order valence-electron chi connectivity index (χ1n) is 19.7. The van der Waals surface area contributed by atoms with Crippen LogP contribution >= 0.6 is 0 Å². The molecule has 12 nitrogen and oxygen atoms in total. The summed E-state index contributed by atoms with van der Waals surface area (Å²) in [6, 6.07) is 12.5. The molecule has 0 aliphatic heterocycles. The molecule has 0 radical (unpaired) electrons. The van der Waals surface area contributed by atoms with E-state index in [0.717, 1.165) is 23.8 Å². The summed E-state index contributed by atoms with van der Waals surface area (Å²) in [4.78, 5) is 55.3. The van der Waals surface area contributed by atoms with E-state index in [1.165, 1.54) is 4.90 Å². The fourth-order valence-electron chi connectivity index (χ4n) is 6.32. The Bertz CT molecular complexity index is 1840. The maximum Gasteiger partial charge on any atom is 0.407 e. The van der Waals surface area contributed by atoms with E-state index >= 15 is 4.39 Å². The topological polar surface area (TPSA) is 165 Å². The number of rotatable bonds is 20. The lowest BCUT2D eigenvalue weighted by Crippen LogP contribution is -2.55. The Hall–Kier alpha value is -4.39. The van der Waals surface area contributed by atoms with Crippen LogP contribution in [0.1, 0.15) is 44.5 Å². The van der Waals surface area contributed by atoms with Gasteiger partial charge in [-0.15, -0.1) is 0 Å². The van der Waals surface area contributed by atoms with Crippen molar-refractivity contribution in [3.63, 3.8) is 0 Å². The van der Waals surface area contributed by atoms with Crippen molar-refractivity contribution >= 4 is 40.0 Å². The fraction of sp³-hybridized carbons (Fsp3) is 0.524. The Kier molecular flexibility index (Phi) is 17.4. The number of hydrogen-bond donors (Lipinski definition) is 4. The molecule has 0 fully saturated rings. The van der Waals surface area contributed by atoms with Crippen molar-refractivity contribution in [3.8, 4) is 11.1 Å². The van der Waals surface area contributed by atoms with Crippen molar-refractivity contribution in [3.05, 3.63) is 83.7 Å². The van der Waals surface area contributed by atoms with Crippen LogP contribution < -0.4 is 16.4 Å². The standard InChI is InChI=1S/C42H63F2N5O7Si2/c1-42(2,3)38(36-23-30(32-24-31(43)15-16-33(32)44)27-48(36)26-29-13-11-10-12-14-29)49(37(51)28-50)18-17-34(47-41(54)56-20-22-58(7,8)9)39(52)46-35(25-45)40(53)55-19-21-57(4,5)6/h10-16,23-24,27,34-35,38,50H,17-22,25-26,28,45H2,1-9H3,(H,46,52)(H,47,54). The molecular formula is C42H63F2N5O7Si2. The number of nitrogens with zero attached hydrogens (tertiary/aromatic N) is 2. The molecule has 2 aromatic carbocycles. The average Bonchev–Trinajstić information content (AvgIpc) is 3.52. The molecule has 3 rings (SSSR count). The van der Waals surface area contributed by atoms with Crippen LogP contribution in [-0.2, 0) is 30.4 Å². The Balaban J connectivity index is 2.05. The molecule has 0 spiro atoms. The molecule has 0 aliphatic carbocycles. The lowest BCUT2D eigenvalue weighted by molar-refractivity contribution is -0.147. The molecule has 320 valence electrons. The first-order valence-corrected chi connectivity index (χ1v) is 27.1. The number of halogens is 2. The van der Waals surface area contributed by atoms with E-state index in [-0.39, 0.29) is 38.3 Å². The quantitative estimate of drug-likeness (QED) is 0.0736. The van der Waals surface area contributed by atoms with Crippen LogP contribution in [-0.4, -0.2) is 99.6 Å². The van der Waals surface area contributed by atoms with Gasteiger partial charge in [0.15, 0.2) is 0 Å². The highest BCUT2D eigenvalue weighted by molar-refractivity contribution is 6.76. The molecule has 1 heterocycles. The van der Waals surface area contributed by atoms with Gasteiger partial charge in [0.05, 0.1) is 19.3 Å². The van der Waals surface area contributed by atoms with Gasteiger partial charge in [-0.1, -0.05) is 90.4 Å². The third-order valence-electron chi connectivity index (χ3n) is 9.52. The first kappa shape index (κ1) is 48.0. The van der Waals surface area contributed by atoms with Crippen LogP contribution in [0, 0.1) is 17.0 Å². The highest BCUT2D eigenvalue weighted by Crippen LogP contribution is 2.41. The van der Waals surface area contributed by atoms with Gasteiger partial charge in [-0.25, -0.2) is 18.4 Å². The summed E-state index contributed by atoms with van der Waals surface area (Å²) >= 11 is 0. The number of nitrogens with two attached hydrogens (primary N) is 1. The fourth-order valence-corrected chi connectivity index (χ4v) is 7.74. The summed E-state index contributed by atoms with van der Waals surface area (Å²) in [6.07, 6.45) is 0.677. The number of benzene rings is 2. The molecule has 58 heavy (non-hydrogen) atoms. The molecule has 3 amide bonds. The molecule has 3 unspecified atom stereocenters. The maximum absolute atomic E-state index is 15.2. The number of carbonyl (C=O) groups excluding carboxylic acids is 4. The summed E-state index contributed by atoms with van der Waals surface area (Å²) < 4.78 is 42.4. The molecule has 3 atom stereocenters. The van der Waals surface area contributed by atoms with E-state index in [2.05, 4.69) is 49.9 Å². The number of esters is 1. The number of ether oxygens (including phenoxy) is 2. The summed E-state index contributed by atoms with van der Waals surface area (Å²) in [5, 5.41) is 15.5. The van der Waals surface area contributed by atoms with Crippen molar-refractivity contribution in [1.29, 1.82) is 0 Å². The van der Waals surface area contributed by atoms with Crippen LogP contribution in [0.5, 0.6) is 0 Å². The van der Waals surface area contributed by atoms with E-state index in [1.807, 2.05) is 55.7 Å². The molecule has 5 N–H and O–H groups in total. The number of amides is 3. The zero-order valence-electron chi connectivity index (χ0n) is 35.5. The summed E-state index contributed by atoms with van der Waals surface area (Å²) in [5.41, 5.74) is 7.04. The lowest BCUT2D eigenvalue weighted by atomic mass is 9.82. The predicted octanol–water partition coefficient (Wildman–Crippen LogP) is 6.54. The van der Waals surface area contributed by atoms with Crippen molar-refractivity contribution < 1.29 is 42.5 Å².